The molecule has 0 unspecified atom stereocenters. The van der Waals surface area contributed by atoms with Crippen LogP contribution in [0.2, 0.25) is 5.02 Å². The minimum Gasteiger partial charge on any atom is -0.489 e. The topological polar surface area (TPSA) is 21.3 Å². The van der Waals surface area contributed by atoms with Gasteiger partial charge in [-0.05, 0) is 42.8 Å². The van der Waals surface area contributed by atoms with E-state index in [1.54, 1.807) is 0 Å². The zero-order valence-electron chi connectivity index (χ0n) is 12.0. The van der Waals surface area contributed by atoms with Gasteiger partial charge in [0.25, 0.3) is 0 Å². The molecule has 0 aliphatic heterocycles. The van der Waals surface area contributed by atoms with E-state index in [9.17, 15) is 0 Å². The molecule has 0 aliphatic carbocycles. The number of rotatable bonds is 7. The first kappa shape index (κ1) is 16.3. The van der Waals surface area contributed by atoms with Crippen molar-refractivity contribution in [3.8, 4) is 5.75 Å². The second-order valence-corrected chi connectivity index (χ2v) is 6.17. The number of halogens is 2. The van der Waals surface area contributed by atoms with Crippen LogP contribution < -0.4 is 10.1 Å². The first-order chi connectivity index (χ1) is 10.2. The van der Waals surface area contributed by atoms with E-state index >= 15 is 0 Å². The van der Waals surface area contributed by atoms with Crippen molar-refractivity contribution in [2.45, 2.75) is 26.5 Å². The van der Waals surface area contributed by atoms with Gasteiger partial charge in [-0.15, -0.1) is 0 Å². The van der Waals surface area contributed by atoms with Gasteiger partial charge in [0.15, 0.2) is 0 Å². The van der Waals surface area contributed by atoms with Crippen LogP contribution in [-0.4, -0.2) is 6.54 Å². The lowest BCUT2D eigenvalue weighted by Crippen LogP contribution is -2.13. The summed E-state index contributed by atoms with van der Waals surface area (Å²) in [5.41, 5.74) is 2.21. The molecule has 0 radical (unpaired) electrons. The van der Waals surface area contributed by atoms with Crippen LogP contribution in [0.15, 0.2) is 46.9 Å². The van der Waals surface area contributed by atoms with Crippen LogP contribution in [0.25, 0.3) is 0 Å². The number of benzene rings is 2. The zero-order valence-corrected chi connectivity index (χ0v) is 14.4. The fourth-order valence-corrected chi connectivity index (χ4v) is 2.68. The molecule has 0 amide bonds. The minimum absolute atomic E-state index is 0.470. The van der Waals surface area contributed by atoms with Gasteiger partial charge in [-0.1, -0.05) is 52.7 Å². The Bertz CT molecular complexity index is 589. The Morgan fingerprint density at radius 2 is 2.05 bits per heavy atom. The Hall–Kier alpha value is -1.03. The molecule has 2 aromatic rings. The molecule has 0 aromatic heterocycles. The van der Waals surface area contributed by atoms with E-state index in [4.69, 9.17) is 16.3 Å². The molecule has 2 nitrogen and oxygen atoms in total. The molecule has 4 heteroatoms. The summed E-state index contributed by atoms with van der Waals surface area (Å²) in [5.74, 6) is 0.866. The van der Waals surface area contributed by atoms with Gasteiger partial charge in [0.2, 0.25) is 0 Å². The van der Waals surface area contributed by atoms with Crippen LogP contribution in [0.3, 0.4) is 0 Å². The standard InChI is InChI=1S/C17H19BrClNO/c1-2-8-20-11-13-4-3-5-16(9-13)21-12-14-6-7-15(18)10-17(14)19/h3-7,9-10,20H,2,8,11-12H2,1H3. The molecule has 0 spiro atoms. The van der Waals surface area contributed by atoms with Gasteiger partial charge in [0, 0.05) is 21.6 Å². The molecule has 0 aliphatic rings. The van der Waals surface area contributed by atoms with Crippen molar-refractivity contribution in [2.24, 2.45) is 0 Å². The van der Waals surface area contributed by atoms with Gasteiger partial charge in [-0.3, -0.25) is 0 Å². The Labute approximate surface area is 139 Å². The molecule has 0 bridgehead atoms. The van der Waals surface area contributed by atoms with E-state index in [1.165, 1.54) is 5.56 Å². The molecule has 1 N–H and O–H groups in total. The molecule has 0 fully saturated rings. The van der Waals surface area contributed by atoms with Crippen LogP contribution in [0, 0.1) is 0 Å². The fraction of sp³-hybridized carbons (Fsp3) is 0.294. The molecule has 21 heavy (non-hydrogen) atoms. The van der Waals surface area contributed by atoms with Crippen molar-refractivity contribution < 1.29 is 4.74 Å². The van der Waals surface area contributed by atoms with Crippen molar-refractivity contribution >= 4 is 27.5 Å². The van der Waals surface area contributed by atoms with Gasteiger partial charge in [0.1, 0.15) is 12.4 Å². The number of hydrogen-bond acceptors (Lipinski definition) is 2. The van der Waals surface area contributed by atoms with Crippen molar-refractivity contribution in [1.82, 2.24) is 5.32 Å². The van der Waals surface area contributed by atoms with Gasteiger partial charge in [0.05, 0.1) is 0 Å². The second-order valence-electron chi connectivity index (χ2n) is 4.85. The molecule has 112 valence electrons. The predicted molar refractivity (Wildman–Crippen MR) is 91.9 cm³/mol. The highest BCUT2D eigenvalue weighted by molar-refractivity contribution is 9.10. The summed E-state index contributed by atoms with van der Waals surface area (Å²) < 4.78 is 6.80. The third kappa shape index (κ3) is 5.34. The molecule has 0 atom stereocenters. The highest BCUT2D eigenvalue weighted by Crippen LogP contribution is 2.23. The Balaban J connectivity index is 1.95. The normalized spacial score (nSPS) is 10.6. The predicted octanol–water partition coefficient (Wildman–Crippen LogP) is 5.18. The molecule has 0 heterocycles. The summed E-state index contributed by atoms with van der Waals surface area (Å²) in [5, 5.41) is 4.10. The van der Waals surface area contributed by atoms with Crippen LogP contribution in [0.1, 0.15) is 24.5 Å². The largest absolute Gasteiger partial charge is 0.489 e. The molecular formula is C17H19BrClNO. The van der Waals surface area contributed by atoms with Crippen molar-refractivity contribution in [3.63, 3.8) is 0 Å². The number of hydrogen-bond donors (Lipinski definition) is 1. The van der Waals surface area contributed by atoms with Crippen molar-refractivity contribution in [1.29, 1.82) is 0 Å². The second kappa shape index (κ2) is 8.42. The summed E-state index contributed by atoms with van der Waals surface area (Å²) >= 11 is 9.59. The van der Waals surface area contributed by atoms with E-state index in [-0.39, 0.29) is 0 Å². The van der Waals surface area contributed by atoms with Crippen molar-refractivity contribution in [2.75, 3.05) is 6.54 Å². The van der Waals surface area contributed by atoms with Gasteiger partial charge < -0.3 is 10.1 Å². The lowest BCUT2D eigenvalue weighted by atomic mass is 10.2. The summed E-state index contributed by atoms with van der Waals surface area (Å²) in [6, 6.07) is 14.0. The smallest absolute Gasteiger partial charge is 0.120 e. The fourth-order valence-electron chi connectivity index (χ4n) is 1.95. The summed E-state index contributed by atoms with van der Waals surface area (Å²) in [6.45, 7) is 4.52. The first-order valence-electron chi connectivity index (χ1n) is 7.05. The van der Waals surface area contributed by atoms with Crippen LogP contribution in [0.4, 0.5) is 0 Å². The highest BCUT2D eigenvalue weighted by Gasteiger charge is 2.03. The van der Waals surface area contributed by atoms with Gasteiger partial charge >= 0.3 is 0 Å². The Kier molecular flexibility index (Phi) is 6.55. The molecule has 2 rings (SSSR count). The third-order valence-corrected chi connectivity index (χ3v) is 3.91. The Morgan fingerprint density at radius 3 is 2.81 bits per heavy atom. The first-order valence-corrected chi connectivity index (χ1v) is 8.22. The van der Waals surface area contributed by atoms with E-state index in [0.29, 0.717) is 11.6 Å². The monoisotopic (exact) mass is 367 g/mol. The van der Waals surface area contributed by atoms with E-state index < -0.39 is 0 Å². The quantitative estimate of drug-likeness (QED) is 0.680. The van der Waals surface area contributed by atoms with E-state index in [1.807, 2.05) is 30.3 Å². The molecular weight excluding hydrogens is 350 g/mol. The lowest BCUT2D eigenvalue weighted by Gasteiger charge is -2.10. The SMILES string of the molecule is CCCNCc1cccc(OCc2ccc(Br)cc2Cl)c1. The highest BCUT2D eigenvalue weighted by atomic mass is 79.9. The number of nitrogens with one attached hydrogen (secondary N) is 1. The molecule has 2 aromatic carbocycles. The maximum Gasteiger partial charge on any atom is 0.120 e. The van der Waals surface area contributed by atoms with E-state index in [0.717, 1.165) is 35.3 Å². The third-order valence-electron chi connectivity index (χ3n) is 3.06. The molecule has 0 saturated heterocycles. The molecule has 0 saturated carbocycles. The van der Waals surface area contributed by atoms with Crippen molar-refractivity contribution in [3.05, 3.63) is 63.1 Å². The summed E-state index contributed by atoms with van der Waals surface area (Å²) in [6.07, 6.45) is 1.14. The van der Waals surface area contributed by atoms with Crippen LogP contribution >= 0.6 is 27.5 Å². The van der Waals surface area contributed by atoms with E-state index in [2.05, 4.69) is 40.3 Å². The maximum absolute atomic E-state index is 6.19. The maximum atomic E-state index is 6.19. The van der Waals surface area contributed by atoms with Crippen LogP contribution in [-0.2, 0) is 13.2 Å². The zero-order chi connectivity index (χ0) is 15.1. The summed E-state index contributed by atoms with van der Waals surface area (Å²) in [7, 11) is 0. The number of ether oxygens (including phenoxy) is 1. The average molecular weight is 369 g/mol. The minimum atomic E-state index is 0.470. The summed E-state index contributed by atoms with van der Waals surface area (Å²) in [4.78, 5) is 0. The average Bonchev–Trinajstić information content (AvgIpc) is 2.47. The van der Waals surface area contributed by atoms with Crippen LogP contribution in [0.5, 0.6) is 5.75 Å². The lowest BCUT2D eigenvalue weighted by molar-refractivity contribution is 0.306. The van der Waals surface area contributed by atoms with Gasteiger partial charge in [-0.25, -0.2) is 0 Å². The van der Waals surface area contributed by atoms with Gasteiger partial charge in [-0.2, -0.15) is 0 Å². The Morgan fingerprint density at radius 1 is 1.19 bits per heavy atom.